The smallest absolute Gasteiger partial charge is 0.257 e. The number of pyridine rings is 2. The molecule has 0 fully saturated rings. The minimum atomic E-state index is -0.179. The van der Waals surface area contributed by atoms with Crippen molar-refractivity contribution in [2.45, 2.75) is 47.0 Å². The molecular formula is C30H37N7O. The summed E-state index contributed by atoms with van der Waals surface area (Å²) >= 11 is 0. The molecular weight excluding hydrogens is 474 g/mol. The summed E-state index contributed by atoms with van der Waals surface area (Å²) in [7, 11) is 0. The molecule has 198 valence electrons. The van der Waals surface area contributed by atoms with E-state index in [0.29, 0.717) is 23.1 Å². The highest BCUT2D eigenvalue weighted by molar-refractivity contribution is 5.96. The predicted molar refractivity (Wildman–Crippen MR) is 152 cm³/mol. The summed E-state index contributed by atoms with van der Waals surface area (Å²) in [4.78, 5) is 33.1. The summed E-state index contributed by atoms with van der Waals surface area (Å²) in [5.74, 6) is 0.752. The van der Waals surface area contributed by atoms with Crippen LogP contribution in [0, 0.1) is 12.8 Å². The first kappa shape index (κ1) is 27.1. The normalized spacial score (nSPS) is 14.0. The number of amides is 1. The highest BCUT2D eigenvalue weighted by atomic mass is 16.1. The number of aryl methyl sites for hydroxylation is 1. The van der Waals surface area contributed by atoms with Crippen LogP contribution < -0.4 is 10.6 Å². The lowest BCUT2D eigenvalue weighted by Gasteiger charge is -2.27. The van der Waals surface area contributed by atoms with Gasteiger partial charge in [0.2, 0.25) is 5.95 Å². The molecule has 0 aliphatic heterocycles. The maximum Gasteiger partial charge on any atom is 0.257 e. The monoisotopic (exact) mass is 511 g/mol. The predicted octanol–water partition coefficient (Wildman–Crippen LogP) is 5.69. The van der Waals surface area contributed by atoms with Crippen molar-refractivity contribution in [3.05, 3.63) is 83.7 Å². The first-order valence-corrected chi connectivity index (χ1v) is 13.4. The zero-order chi connectivity index (χ0) is 26.9. The largest absolute Gasteiger partial charge is 0.326 e. The zero-order valence-electron chi connectivity index (χ0n) is 22.7. The van der Waals surface area contributed by atoms with Crippen molar-refractivity contribution >= 4 is 17.5 Å². The van der Waals surface area contributed by atoms with E-state index < -0.39 is 0 Å². The molecule has 1 amide bonds. The summed E-state index contributed by atoms with van der Waals surface area (Å²) < 4.78 is 0. The second-order valence-corrected chi connectivity index (χ2v) is 9.67. The number of carbonyl (C=O) groups is 1. The number of nitrogens with one attached hydrogen (secondary N) is 2. The molecule has 3 aromatic heterocycles. The van der Waals surface area contributed by atoms with Crippen molar-refractivity contribution < 1.29 is 4.79 Å². The third-order valence-electron chi connectivity index (χ3n) is 6.82. The van der Waals surface area contributed by atoms with E-state index in [2.05, 4.69) is 62.3 Å². The Morgan fingerprint density at radius 3 is 2.68 bits per heavy atom. The Hall–Kier alpha value is -3.91. The molecule has 1 unspecified atom stereocenters. The van der Waals surface area contributed by atoms with Crippen molar-refractivity contribution in [1.82, 2.24) is 30.2 Å². The second kappa shape index (κ2) is 13.1. The number of anilines is 2. The molecule has 0 aromatic carbocycles. The molecule has 0 saturated heterocycles. The molecule has 1 atom stereocenters. The van der Waals surface area contributed by atoms with E-state index in [1.165, 1.54) is 12.0 Å². The van der Waals surface area contributed by atoms with Crippen LogP contribution >= 0.6 is 0 Å². The number of hydrogen-bond donors (Lipinski definition) is 2. The summed E-state index contributed by atoms with van der Waals surface area (Å²) in [5.41, 5.74) is 5.93. The minimum Gasteiger partial charge on any atom is -0.326 e. The quantitative estimate of drug-likeness (QED) is 0.341. The van der Waals surface area contributed by atoms with E-state index in [0.717, 1.165) is 55.1 Å². The minimum absolute atomic E-state index is 0.179. The third-order valence-corrected chi connectivity index (χ3v) is 6.82. The fourth-order valence-electron chi connectivity index (χ4n) is 4.58. The van der Waals surface area contributed by atoms with Gasteiger partial charge in [0.15, 0.2) is 0 Å². The molecule has 0 radical (unpaired) electrons. The lowest BCUT2D eigenvalue weighted by molar-refractivity contribution is 0.0964. The van der Waals surface area contributed by atoms with Crippen molar-refractivity contribution in [3.63, 3.8) is 0 Å². The number of hydrogen-bond acceptors (Lipinski definition) is 7. The van der Waals surface area contributed by atoms with Gasteiger partial charge in [0.05, 0.1) is 22.6 Å². The molecule has 0 spiro atoms. The second-order valence-electron chi connectivity index (χ2n) is 9.67. The maximum atomic E-state index is 13.1. The molecule has 8 nitrogen and oxygen atoms in total. The Morgan fingerprint density at radius 1 is 1.11 bits per heavy atom. The fraction of sp³-hybridized carbons (Fsp3) is 0.367. The molecule has 0 saturated carbocycles. The van der Waals surface area contributed by atoms with Gasteiger partial charge < -0.3 is 15.5 Å². The summed E-state index contributed by atoms with van der Waals surface area (Å²) in [6.45, 7) is 11.9. The molecule has 4 rings (SSSR count). The molecule has 3 aromatic rings. The van der Waals surface area contributed by atoms with E-state index in [1.54, 1.807) is 30.9 Å². The Kier molecular flexibility index (Phi) is 9.32. The van der Waals surface area contributed by atoms with Gasteiger partial charge in [0.25, 0.3) is 5.91 Å². The van der Waals surface area contributed by atoms with Crippen LogP contribution in [0.2, 0.25) is 0 Å². The van der Waals surface area contributed by atoms with Crippen molar-refractivity contribution in [3.8, 4) is 11.3 Å². The first-order valence-electron chi connectivity index (χ1n) is 13.4. The maximum absolute atomic E-state index is 13.1. The average molecular weight is 512 g/mol. The van der Waals surface area contributed by atoms with Gasteiger partial charge in [-0.05, 0) is 75.5 Å². The molecule has 3 heterocycles. The highest BCUT2D eigenvalue weighted by Gasteiger charge is 2.17. The van der Waals surface area contributed by atoms with E-state index in [4.69, 9.17) is 0 Å². The Morgan fingerprint density at radius 2 is 1.97 bits per heavy atom. The third kappa shape index (κ3) is 7.10. The fourth-order valence-corrected chi connectivity index (χ4v) is 4.58. The molecule has 1 aliphatic rings. The summed E-state index contributed by atoms with van der Waals surface area (Å²) in [5, 5.41) is 6.28. The number of rotatable bonds is 11. The van der Waals surface area contributed by atoms with Gasteiger partial charge in [-0.25, -0.2) is 9.97 Å². The van der Waals surface area contributed by atoms with Crippen LogP contribution in [0.5, 0.6) is 0 Å². The Bertz CT molecular complexity index is 1300. The van der Waals surface area contributed by atoms with Gasteiger partial charge in [-0.2, -0.15) is 0 Å². The van der Waals surface area contributed by atoms with E-state index in [1.807, 2.05) is 31.2 Å². The topological polar surface area (TPSA) is 95.9 Å². The van der Waals surface area contributed by atoms with Crippen LogP contribution in [-0.2, 0) is 0 Å². The van der Waals surface area contributed by atoms with Gasteiger partial charge in [0.1, 0.15) is 0 Å². The number of aromatic nitrogens is 4. The summed E-state index contributed by atoms with van der Waals surface area (Å²) in [6.07, 6.45) is 13.9. The molecule has 1 aliphatic carbocycles. The Balaban J connectivity index is 1.42. The van der Waals surface area contributed by atoms with Gasteiger partial charge in [-0.15, -0.1) is 0 Å². The van der Waals surface area contributed by atoms with Gasteiger partial charge >= 0.3 is 0 Å². The standard InChI is InChI=1S/C30H37N7O/c1-5-16-37(6-2)20-21(3)23-9-11-26(12-10-23)34-29(38)25-17-28(22(4)33-19-25)36-30-32-15-13-27(35-30)24-8-7-14-31-18-24/h7-9,11,13-15,17-19,21H,5-6,10,12,16,20H2,1-4H3,(H,34,38)(H,32,35,36). The average Bonchev–Trinajstić information content (AvgIpc) is 2.95. The van der Waals surface area contributed by atoms with Crippen LogP contribution in [0.25, 0.3) is 11.3 Å². The molecule has 2 N–H and O–H groups in total. The van der Waals surface area contributed by atoms with E-state index in [9.17, 15) is 4.79 Å². The van der Waals surface area contributed by atoms with Crippen LogP contribution in [0.15, 0.2) is 72.5 Å². The van der Waals surface area contributed by atoms with Crippen LogP contribution in [0.1, 0.15) is 56.1 Å². The van der Waals surface area contributed by atoms with Crippen LogP contribution in [0.3, 0.4) is 0 Å². The number of carbonyl (C=O) groups excluding carboxylic acids is 1. The van der Waals surface area contributed by atoms with Crippen molar-refractivity contribution in [2.24, 2.45) is 5.92 Å². The SMILES string of the molecule is CCCN(CC)CC(C)C1=CC=C(NC(=O)c2cnc(C)c(Nc3nccc(-c4cccnc4)n3)c2)CC1. The van der Waals surface area contributed by atoms with Crippen LogP contribution in [-0.4, -0.2) is 50.4 Å². The lowest BCUT2D eigenvalue weighted by atomic mass is 9.91. The molecule has 8 heteroatoms. The first-order chi connectivity index (χ1) is 18.5. The van der Waals surface area contributed by atoms with E-state index >= 15 is 0 Å². The molecule has 0 bridgehead atoms. The van der Waals surface area contributed by atoms with Crippen molar-refractivity contribution in [1.29, 1.82) is 0 Å². The van der Waals surface area contributed by atoms with Gasteiger partial charge in [-0.3, -0.25) is 14.8 Å². The summed E-state index contributed by atoms with van der Waals surface area (Å²) in [6, 6.07) is 7.44. The number of allylic oxidation sites excluding steroid dienone is 3. The Labute approximate surface area is 225 Å². The lowest BCUT2D eigenvalue weighted by Crippen LogP contribution is -2.30. The van der Waals surface area contributed by atoms with Gasteiger partial charge in [0, 0.05) is 42.6 Å². The highest BCUT2D eigenvalue weighted by Crippen LogP contribution is 2.25. The van der Waals surface area contributed by atoms with Gasteiger partial charge in [-0.1, -0.05) is 32.4 Å². The van der Waals surface area contributed by atoms with Crippen molar-refractivity contribution in [2.75, 3.05) is 25.0 Å². The molecule has 38 heavy (non-hydrogen) atoms. The number of nitrogens with zero attached hydrogens (tertiary/aromatic N) is 5. The van der Waals surface area contributed by atoms with Crippen LogP contribution in [0.4, 0.5) is 11.6 Å². The zero-order valence-corrected chi connectivity index (χ0v) is 22.7. The van der Waals surface area contributed by atoms with E-state index in [-0.39, 0.29) is 5.91 Å².